The van der Waals surface area contributed by atoms with Gasteiger partial charge in [0, 0.05) is 37.0 Å². The smallest absolute Gasteiger partial charge is 0.234 e. The van der Waals surface area contributed by atoms with Gasteiger partial charge in [0.05, 0.1) is 5.69 Å². The lowest BCUT2D eigenvalue weighted by Gasteiger charge is -2.36. The predicted molar refractivity (Wildman–Crippen MR) is 111 cm³/mol. The van der Waals surface area contributed by atoms with Crippen molar-refractivity contribution in [2.75, 3.05) is 23.8 Å². The molecule has 7 heteroatoms. The fraction of sp³-hybridized carbons (Fsp3) is 0.381. The zero-order chi connectivity index (χ0) is 19.3. The molecule has 6 nitrogen and oxygen atoms in total. The maximum Gasteiger partial charge on any atom is 0.234 e. The number of ketones is 1. The maximum absolute atomic E-state index is 12.8. The summed E-state index contributed by atoms with van der Waals surface area (Å²) in [5, 5.41) is 2.51. The van der Waals surface area contributed by atoms with E-state index in [0.29, 0.717) is 18.2 Å². The minimum absolute atomic E-state index is 0. The molecule has 1 unspecified atom stereocenters. The number of fused-ring (bicyclic) bond motifs is 1. The maximum atomic E-state index is 12.8. The first-order chi connectivity index (χ1) is 12.9. The van der Waals surface area contributed by atoms with Gasteiger partial charge in [-0.2, -0.15) is 0 Å². The highest BCUT2D eigenvalue weighted by atomic mass is 35.5. The Hall–Kier alpha value is -2.44. The van der Waals surface area contributed by atoms with Gasteiger partial charge in [0.15, 0.2) is 5.78 Å². The van der Waals surface area contributed by atoms with E-state index in [0.717, 1.165) is 46.6 Å². The minimum atomic E-state index is -0.774. The Bertz CT molecular complexity index is 956. The summed E-state index contributed by atoms with van der Waals surface area (Å²) in [7, 11) is 1.85. The van der Waals surface area contributed by atoms with Crippen LogP contribution in [0.5, 0.6) is 0 Å². The first kappa shape index (κ1) is 20.3. The van der Waals surface area contributed by atoms with Crippen LogP contribution in [0.3, 0.4) is 0 Å². The van der Waals surface area contributed by atoms with E-state index in [9.17, 15) is 9.59 Å². The number of aryl methyl sites for hydroxylation is 1. The zero-order valence-corrected chi connectivity index (χ0v) is 16.9. The summed E-state index contributed by atoms with van der Waals surface area (Å²) in [4.78, 5) is 31.3. The second kappa shape index (κ2) is 7.53. The van der Waals surface area contributed by atoms with Gasteiger partial charge in [-0.1, -0.05) is 6.07 Å². The number of carbonyl (C=O) groups is 2. The number of hydrogen-bond donors (Lipinski definition) is 1. The van der Waals surface area contributed by atoms with E-state index in [-0.39, 0.29) is 11.3 Å². The van der Waals surface area contributed by atoms with Crippen molar-refractivity contribution < 1.29 is 15.1 Å². The van der Waals surface area contributed by atoms with Crippen molar-refractivity contribution >= 4 is 34.1 Å². The summed E-state index contributed by atoms with van der Waals surface area (Å²) >= 11 is 5.72. The molecule has 2 aliphatic rings. The fourth-order valence-electron chi connectivity index (χ4n) is 4.02. The summed E-state index contributed by atoms with van der Waals surface area (Å²) in [5.41, 5.74) is 5.74. The number of nitrogens with zero attached hydrogens (tertiary/aromatic N) is 2. The number of benzene rings is 1. The van der Waals surface area contributed by atoms with E-state index in [1.807, 2.05) is 39.2 Å². The van der Waals surface area contributed by atoms with E-state index in [4.69, 9.17) is 11.6 Å². The van der Waals surface area contributed by atoms with Gasteiger partial charge in [-0.25, -0.2) is 4.98 Å². The summed E-state index contributed by atoms with van der Waals surface area (Å²) in [6, 6.07) is 6.28. The number of rotatable bonds is 4. The molecule has 0 amide bonds. The van der Waals surface area contributed by atoms with Crippen LogP contribution in [-0.2, 0) is 4.79 Å². The molecule has 1 aromatic carbocycles. The molecule has 1 atom stereocenters. The average molecular weight is 402 g/mol. The summed E-state index contributed by atoms with van der Waals surface area (Å²) in [5.74, 6) is -0.0900. The van der Waals surface area contributed by atoms with Gasteiger partial charge in [0.1, 0.15) is 11.7 Å². The lowest BCUT2D eigenvalue weighted by Crippen LogP contribution is -2.43. The van der Waals surface area contributed by atoms with Gasteiger partial charge >= 0.3 is 0 Å². The van der Waals surface area contributed by atoms with E-state index in [2.05, 4.69) is 21.3 Å². The standard InChI is InChI=1S/C21H22ClN3O2.H2O/c1-11-8-13(9-24-21(11)23-3)15-6-7-16-18(12(15)2)25(14-4-5-14)10-17(19(16)26)20(22)27;/h6-9,14,17H,4-5,10H2,1-3H3,(H,23,24);1H2. The van der Waals surface area contributed by atoms with Crippen LogP contribution >= 0.6 is 11.6 Å². The molecular weight excluding hydrogens is 378 g/mol. The number of anilines is 2. The molecule has 1 aliphatic heterocycles. The Kier molecular flexibility index (Phi) is 5.46. The molecule has 1 fully saturated rings. The molecule has 1 aliphatic carbocycles. The van der Waals surface area contributed by atoms with Crippen molar-refractivity contribution in [3.8, 4) is 11.1 Å². The van der Waals surface area contributed by atoms with E-state index >= 15 is 0 Å². The normalized spacial score (nSPS) is 18.4. The van der Waals surface area contributed by atoms with Crippen LogP contribution in [0.15, 0.2) is 24.4 Å². The van der Waals surface area contributed by atoms with Crippen LogP contribution in [0, 0.1) is 19.8 Å². The molecule has 1 saturated carbocycles. The molecule has 0 spiro atoms. The first-order valence-electron chi connectivity index (χ1n) is 9.21. The minimum Gasteiger partial charge on any atom is -0.412 e. The van der Waals surface area contributed by atoms with Crippen molar-refractivity contribution in [2.45, 2.75) is 32.7 Å². The molecule has 1 aromatic heterocycles. The van der Waals surface area contributed by atoms with Crippen LogP contribution in [0.1, 0.15) is 34.3 Å². The zero-order valence-electron chi connectivity index (χ0n) is 16.2. The number of nitrogens with one attached hydrogen (secondary N) is 1. The second-order valence-corrected chi connectivity index (χ2v) is 7.75. The molecule has 2 aromatic rings. The number of pyridine rings is 1. The number of halogens is 1. The highest BCUT2D eigenvalue weighted by Crippen LogP contribution is 2.43. The van der Waals surface area contributed by atoms with Crippen molar-refractivity contribution in [2.24, 2.45) is 5.92 Å². The lowest BCUT2D eigenvalue weighted by molar-refractivity contribution is -0.113. The third-order valence-electron chi connectivity index (χ3n) is 5.57. The van der Waals surface area contributed by atoms with Crippen LogP contribution < -0.4 is 10.2 Å². The van der Waals surface area contributed by atoms with Gasteiger partial charge < -0.3 is 15.7 Å². The van der Waals surface area contributed by atoms with Gasteiger partial charge in [-0.3, -0.25) is 9.59 Å². The highest BCUT2D eigenvalue weighted by molar-refractivity contribution is 6.66. The van der Waals surface area contributed by atoms with E-state index in [1.54, 1.807) is 0 Å². The van der Waals surface area contributed by atoms with Crippen LogP contribution in [0.25, 0.3) is 11.1 Å². The second-order valence-electron chi connectivity index (χ2n) is 7.38. The van der Waals surface area contributed by atoms with Crippen molar-refractivity contribution in [3.05, 3.63) is 41.1 Å². The Morgan fingerprint density at radius 1 is 1.25 bits per heavy atom. The molecule has 2 heterocycles. The SMILES string of the molecule is CNc1ncc(-c2ccc3c(c2C)N(C2CC2)CC(C(=O)Cl)C3=O)cc1C.O. The molecule has 0 radical (unpaired) electrons. The van der Waals surface area contributed by atoms with Crippen LogP contribution in [0.4, 0.5) is 11.5 Å². The lowest BCUT2D eigenvalue weighted by atomic mass is 9.86. The van der Waals surface area contributed by atoms with Crippen LogP contribution in [0.2, 0.25) is 0 Å². The topological polar surface area (TPSA) is 93.8 Å². The molecule has 4 rings (SSSR count). The summed E-state index contributed by atoms with van der Waals surface area (Å²) < 4.78 is 0. The first-order valence-corrected chi connectivity index (χ1v) is 9.58. The molecule has 28 heavy (non-hydrogen) atoms. The number of aromatic nitrogens is 1. The highest BCUT2D eigenvalue weighted by Gasteiger charge is 2.42. The Labute approximate surface area is 169 Å². The van der Waals surface area contributed by atoms with Gasteiger partial charge in [0.25, 0.3) is 0 Å². The van der Waals surface area contributed by atoms with Gasteiger partial charge in [-0.15, -0.1) is 0 Å². The number of Topliss-reactive ketones (excluding diaryl/α,β-unsaturated/α-hetero) is 1. The van der Waals surface area contributed by atoms with Gasteiger partial charge in [0.2, 0.25) is 5.24 Å². The predicted octanol–water partition coefficient (Wildman–Crippen LogP) is 3.13. The molecule has 0 bridgehead atoms. The van der Waals surface area contributed by atoms with E-state index in [1.165, 1.54) is 0 Å². The van der Waals surface area contributed by atoms with Crippen molar-refractivity contribution in [3.63, 3.8) is 0 Å². The van der Waals surface area contributed by atoms with Gasteiger partial charge in [-0.05, 0) is 67.1 Å². The molecule has 3 N–H and O–H groups in total. The third kappa shape index (κ3) is 3.27. The molecule has 0 saturated heterocycles. The summed E-state index contributed by atoms with van der Waals surface area (Å²) in [6.07, 6.45) is 4.01. The Morgan fingerprint density at radius 3 is 2.50 bits per heavy atom. The average Bonchev–Trinajstić information content (AvgIpc) is 3.47. The third-order valence-corrected chi connectivity index (χ3v) is 5.83. The monoisotopic (exact) mass is 401 g/mol. The number of carbonyl (C=O) groups excluding carboxylic acids is 2. The largest absolute Gasteiger partial charge is 0.412 e. The molecular formula is C21H24ClN3O3. The van der Waals surface area contributed by atoms with E-state index < -0.39 is 11.2 Å². The Morgan fingerprint density at radius 2 is 1.93 bits per heavy atom. The quantitative estimate of drug-likeness (QED) is 0.627. The molecule has 148 valence electrons. The van der Waals surface area contributed by atoms with Crippen molar-refractivity contribution in [1.82, 2.24) is 4.98 Å². The van der Waals surface area contributed by atoms with Crippen LogP contribution in [-0.4, -0.2) is 41.1 Å². The van der Waals surface area contributed by atoms with Crippen molar-refractivity contribution in [1.29, 1.82) is 0 Å². The fourth-order valence-corrected chi connectivity index (χ4v) is 4.19. The number of hydrogen-bond acceptors (Lipinski definition) is 5. The Balaban J connectivity index is 0.00000225. The summed E-state index contributed by atoms with van der Waals surface area (Å²) in [6.45, 7) is 4.44.